The van der Waals surface area contributed by atoms with Crippen LogP contribution < -0.4 is 0 Å². The Morgan fingerprint density at radius 1 is 0.950 bits per heavy atom. The second-order valence-corrected chi connectivity index (χ2v) is 4.91. The van der Waals surface area contributed by atoms with E-state index in [0.29, 0.717) is 16.7 Å². The number of hydrogen-bond acceptors (Lipinski definition) is 1. The molecule has 0 fully saturated rings. The second kappa shape index (κ2) is 5.67. The Kier molecular flexibility index (Phi) is 4.14. The maximum absolute atomic E-state index is 13.6. The van der Waals surface area contributed by atoms with Crippen molar-refractivity contribution in [1.29, 1.82) is 0 Å². The summed E-state index contributed by atoms with van der Waals surface area (Å²) in [5, 5.41) is 10.2. The van der Waals surface area contributed by atoms with Gasteiger partial charge in [0.25, 0.3) is 0 Å². The zero-order valence-corrected chi connectivity index (χ0v) is 11.3. The lowest BCUT2D eigenvalue weighted by Gasteiger charge is -2.17. The fraction of sp³-hybridized carbons (Fsp3) is 0.250. The molecule has 0 amide bonds. The number of aliphatic hydroxyl groups excluding tert-OH is 1. The predicted octanol–water partition coefficient (Wildman–Crippen LogP) is 4.00. The Labute approximate surface area is 115 Å². The minimum Gasteiger partial charge on any atom is -0.388 e. The van der Waals surface area contributed by atoms with Crippen LogP contribution in [0.3, 0.4) is 0 Å². The normalized spacial score (nSPS) is 12.5. The fourth-order valence-electron chi connectivity index (χ4n) is 2.45. The highest BCUT2D eigenvalue weighted by Gasteiger charge is 2.17. The lowest BCUT2D eigenvalue weighted by Crippen LogP contribution is -2.08. The van der Waals surface area contributed by atoms with Crippen LogP contribution in [0.2, 0.25) is 0 Å². The summed E-state index contributed by atoms with van der Waals surface area (Å²) in [7, 11) is 0. The van der Waals surface area contributed by atoms with Crippen LogP contribution in [0.1, 0.15) is 28.4 Å². The molecule has 0 heterocycles. The summed E-state index contributed by atoms with van der Waals surface area (Å²) >= 11 is 0. The van der Waals surface area contributed by atoms with Crippen molar-refractivity contribution in [2.24, 2.45) is 0 Å². The molecule has 0 radical (unpaired) electrons. The summed E-state index contributed by atoms with van der Waals surface area (Å²) in [4.78, 5) is 0. The molecular formula is C16H15F3O. The van der Waals surface area contributed by atoms with Crippen LogP contribution in [0, 0.1) is 31.3 Å². The highest BCUT2D eigenvalue weighted by Crippen LogP contribution is 2.27. The van der Waals surface area contributed by atoms with E-state index in [4.69, 9.17) is 0 Å². The molecule has 1 N–H and O–H groups in total. The number of halogens is 3. The SMILES string of the molecule is Cc1cc(F)cc(C)c1C(O)Cc1ccc(F)cc1F. The molecule has 1 unspecified atom stereocenters. The van der Waals surface area contributed by atoms with Gasteiger partial charge in [0.05, 0.1) is 6.10 Å². The van der Waals surface area contributed by atoms with Crippen molar-refractivity contribution >= 4 is 0 Å². The van der Waals surface area contributed by atoms with Gasteiger partial charge in [0.15, 0.2) is 0 Å². The Morgan fingerprint density at radius 3 is 2.10 bits per heavy atom. The second-order valence-electron chi connectivity index (χ2n) is 4.91. The molecule has 0 aliphatic carbocycles. The van der Waals surface area contributed by atoms with E-state index >= 15 is 0 Å². The van der Waals surface area contributed by atoms with Gasteiger partial charge in [-0.15, -0.1) is 0 Å². The monoisotopic (exact) mass is 280 g/mol. The molecular weight excluding hydrogens is 265 g/mol. The smallest absolute Gasteiger partial charge is 0.129 e. The van der Waals surface area contributed by atoms with Crippen LogP contribution in [0.25, 0.3) is 0 Å². The van der Waals surface area contributed by atoms with E-state index in [-0.39, 0.29) is 17.8 Å². The van der Waals surface area contributed by atoms with Crippen molar-refractivity contribution in [3.63, 3.8) is 0 Å². The third kappa shape index (κ3) is 3.02. The van der Waals surface area contributed by atoms with Crippen molar-refractivity contribution in [2.75, 3.05) is 0 Å². The predicted molar refractivity (Wildman–Crippen MR) is 70.9 cm³/mol. The number of benzene rings is 2. The van der Waals surface area contributed by atoms with Gasteiger partial charge in [-0.25, -0.2) is 13.2 Å². The molecule has 0 saturated carbocycles. The minimum atomic E-state index is -0.962. The highest BCUT2D eigenvalue weighted by molar-refractivity contribution is 5.37. The number of aryl methyl sites for hydroxylation is 2. The minimum absolute atomic E-state index is 0.0133. The van der Waals surface area contributed by atoms with Crippen molar-refractivity contribution in [3.05, 3.63) is 70.0 Å². The van der Waals surface area contributed by atoms with Gasteiger partial charge in [0, 0.05) is 12.5 Å². The molecule has 2 rings (SSSR count). The maximum atomic E-state index is 13.6. The van der Waals surface area contributed by atoms with Gasteiger partial charge in [0.1, 0.15) is 17.5 Å². The fourth-order valence-corrected chi connectivity index (χ4v) is 2.45. The molecule has 1 atom stereocenters. The van der Waals surface area contributed by atoms with E-state index in [0.717, 1.165) is 12.1 Å². The first-order valence-electron chi connectivity index (χ1n) is 6.27. The standard InChI is InChI=1S/C16H15F3O/c1-9-5-13(18)6-10(2)16(9)15(20)7-11-3-4-12(17)8-14(11)19/h3-6,8,15,20H,7H2,1-2H3. The Morgan fingerprint density at radius 2 is 1.55 bits per heavy atom. The number of aliphatic hydroxyl groups is 1. The van der Waals surface area contributed by atoms with Crippen LogP contribution >= 0.6 is 0 Å². The quantitative estimate of drug-likeness (QED) is 0.901. The molecule has 2 aromatic rings. The highest BCUT2D eigenvalue weighted by atomic mass is 19.1. The molecule has 1 nitrogen and oxygen atoms in total. The van der Waals surface area contributed by atoms with Crippen molar-refractivity contribution in [2.45, 2.75) is 26.4 Å². The Balaban J connectivity index is 2.31. The first-order valence-corrected chi connectivity index (χ1v) is 6.27. The molecule has 0 aromatic heterocycles. The van der Waals surface area contributed by atoms with Crippen LogP contribution in [-0.2, 0) is 6.42 Å². The van der Waals surface area contributed by atoms with Crippen molar-refractivity contribution in [1.82, 2.24) is 0 Å². The summed E-state index contributed by atoms with van der Waals surface area (Å²) < 4.78 is 39.6. The third-order valence-corrected chi connectivity index (χ3v) is 3.32. The molecule has 4 heteroatoms. The summed E-state index contributed by atoms with van der Waals surface area (Å²) in [6, 6.07) is 5.89. The van der Waals surface area contributed by atoms with Crippen molar-refractivity contribution in [3.8, 4) is 0 Å². The Hall–Kier alpha value is -1.81. The molecule has 0 aliphatic rings. The average Bonchev–Trinajstić information content (AvgIpc) is 2.31. The summed E-state index contributed by atoms with van der Waals surface area (Å²) in [6.45, 7) is 3.38. The summed E-state index contributed by atoms with van der Waals surface area (Å²) in [5.41, 5.74) is 2.02. The van der Waals surface area contributed by atoms with Gasteiger partial charge in [-0.3, -0.25) is 0 Å². The summed E-state index contributed by atoms with van der Waals surface area (Å²) in [5.74, 6) is -1.72. The molecule has 20 heavy (non-hydrogen) atoms. The first-order chi connectivity index (χ1) is 9.38. The topological polar surface area (TPSA) is 20.2 Å². The molecule has 0 bridgehead atoms. The van der Waals surface area contributed by atoms with Crippen LogP contribution in [0.4, 0.5) is 13.2 Å². The lowest BCUT2D eigenvalue weighted by atomic mass is 9.93. The van der Waals surface area contributed by atoms with E-state index in [9.17, 15) is 18.3 Å². The van der Waals surface area contributed by atoms with Gasteiger partial charge >= 0.3 is 0 Å². The van der Waals surface area contributed by atoms with Gasteiger partial charge in [0.2, 0.25) is 0 Å². The largest absolute Gasteiger partial charge is 0.388 e. The lowest BCUT2D eigenvalue weighted by molar-refractivity contribution is 0.175. The van der Waals surface area contributed by atoms with E-state index in [2.05, 4.69) is 0 Å². The summed E-state index contributed by atoms with van der Waals surface area (Å²) in [6.07, 6.45) is -0.949. The van der Waals surface area contributed by atoms with Crippen molar-refractivity contribution < 1.29 is 18.3 Å². The number of hydrogen-bond donors (Lipinski definition) is 1. The average molecular weight is 280 g/mol. The van der Waals surface area contributed by atoms with E-state index in [1.807, 2.05) is 0 Å². The van der Waals surface area contributed by atoms with Crippen LogP contribution in [0.5, 0.6) is 0 Å². The van der Waals surface area contributed by atoms with E-state index in [1.165, 1.54) is 18.2 Å². The molecule has 0 saturated heterocycles. The van der Waals surface area contributed by atoms with Gasteiger partial charge in [-0.1, -0.05) is 6.07 Å². The zero-order chi connectivity index (χ0) is 14.9. The van der Waals surface area contributed by atoms with E-state index < -0.39 is 17.7 Å². The molecule has 106 valence electrons. The zero-order valence-electron chi connectivity index (χ0n) is 11.3. The van der Waals surface area contributed by atoms with Gasteiger partial charge in [-0.05, 0) is 54.3 Å². The molecule has 2 aromatic carbocycles. The molecule has 0 aliphatic heterocycles. The third-order valence-electron chi connectivity index (χ3n) is 3.32. The van der Waals surface area contributed by atoms with Crippen LogP contribution in [-0.4, -0.2) is 5.11 Å². The van der Waals surface area contributed by atoms with E-state index in [1.54, 1.807) is 13.8 Å². The molecule has 0 spiro atoms. The Bertz CT molecular complexity index is 615. The number of rotatable bonds is 3. The first kappa shape index (κ1) is 14.6. The van der Waals surface area contributed by atoms with Gasteiger partial charge < -0.3 is 5.11 Å². The maximum Gasteiger partial charge on any atom is 0.129 e. The van der Waals surface area contributed by atoms with Crippen LogP contribution in [0.15, 0.2) is 30.3 Å². The van der Waals surface area contributed by atoms with Gasteiger partial charge in [-0.2, -0.15) is 0 Å².